The maximum absolute atomic E-state index is 12.4. The summed E-state index contributed by atoms with van der Waals surface area (Å²) < 4.78 is 0. The van der Waals surface area contributed by atoms with Gasteiger partial charge in [-0.05, 0) is 44.1 Å². The second-order valence-electron chi connectivity index (χ2n) is 6.65. The SMILES string of the molecule is CC(=O)NCC1CCN(C(=O)CC2NCCCC2C)CC1. The molecule has 2 N–H and O–H groups in total. The molecule has 2 aliphatic rings. The maximum Gasteiger partial charge on any atom is 0.224 e. The average molecular weight is 295 g/mol. The minimum atomic E-state index is 0.0332. The molecule has 0 bridgehead atoms. The number of hydrogen-bond donors (Lipinski definition) is 2. The number of nitrogens with one attached hydrogen (secondary N) is 2. The van der Waals surface area contributed by atoms with E-state index in [1.807, 2.05) is 4.90 Å². The van der Waals surface area contributed by atoms with Gasteiger partial charge in [0.25, 0.3) is 0 Å². The van der Waals surface area contributed by atoms with E-state index in [1.54, 1.807) is 6.92 Å². The first-order valence-corrected chi connectivity index (χ1v) is 8.32. The molecule has 2 amide bonds. The van der Waals surface area contributed by atoms with Crippen molar-refractivity contribution in [1.82, 2.24) is 15.5 Å². The third-order valence-corrected chi connectivity index (χ3v) is 4.93. The number of carbonyl (C=O) groups excluding carboxylic acids is 2. The fourth-order valence-electron chi connectivity index (χ4n) is 3.38. The first kappa shape index (κ1) is 16.3. The first-order chi connectivity index (χ1) is 10.1. The Bertz CT molecular complexity index is 365. The Kier molecular flexibility index (Phi) is 6.03. The Balaban J connectivity index is 1.71. The van der Waals surface area contributed by atoms with E-state index < -0.39 is 0 Å². The summed E-state index contributed by atoms with van der Waals surface area (Å²) in [5.74, 6) is 1.44. The van der Waals surface area contributed by atoms with Gasteiger partial charge in [-0.3, -0.25) is 9.59 Å². The molecule has 0 radical (unpaired) electrons. The van der Waals surface area contributed by atoms with Crippen LogP contribution in [0.5, 0.6) is 0 Å². The number of nitrogens with zero attached hydrogens (tertiary/aromatic N) is 1. The Morgan fingerprint density at radius 3 is 2.57 bits per heavy atom. The van der Waals surface area contributed by atoms with Crippen LogP contribution < -0.4 is 10.6 Å². The highest BCUT2D eigenvalue weighted by molar-refractivity contribution is 5.77. The molecule has 120 valence electrons. The van der Waals surface area contributed by atoms with E-state index in [4.69, 9.17) is 0 Å². The topological polar surface area (TPSA) is 61.4 Å². The molecule has 21 heavy (non-hydrogen) atoms. The lowest BCUT2D eigenvalue weighted by Gasteiger charge is -2.35. The molecule has 2 rings (SSSR count). The van der Waals surface area contributed by atoms with E-state index in [2.05, 4.69) is 17.6 Å². The van der Waals surface area contributed by atoms with Crippen molar-refractivity contribution in [2.24, 2.45) is 11.8 Å². The molecule has 0 aromatic rings. The molecule has 0 saturated carbocycles. The summed E-state index contributed by atoms with van der Waals surface area (Å²) >= 11 is 0. The second-order valence-corrected chi connectivity index (χ2v) is 6.65. The predicted molar refractivity (Wildman–Crippen MR) is 82.8 cm³/mol. The Morgan fingerprint density at radius 1 is 1.24 bits per heavy atom. The third kappa shape index (κ3) is 4.99. The Labute approximate surface area is 127 Å². The number of hydrogen-bond acceptors (Lipinski definition) is 3. The minimum absolute atomic E-state index is 0.0332. The number of likely N-dealkylation sites (tertiary alicyclic amines) is 1. The maximum atomic E-state index is 12.4. The van der Waals surface area contributed by atoms with Gasteiger partial charge in [0.05, 0.1) is 0 Å². The lowest BCUT2D eigenvalue weighted by Crippen LogP contribution is -2.46. The lowest BCUT2D eigenvalue weighted by molar-refractivity contribution is -0.133. The van der Waals surface area contributed by atoms with Crippen molar-refractivity contribution in [3.8, 4) is 0 Å². The van der Waals surface area contributed by atoms with Crippen LogP contribution in [0.4, 0.5) is 0 Å². The van der Waals surface area contributed by atoms with Crippen molar-refractivity contribution < 1.29 is 9.59 Å². The van der Waals surface area contributed by atoms with Crippen molar-refractivity contribution in [1.29, 1.82) is 0 Å². The highest BCUT2D eigenvalue weighted by Crippen LogP contribution is 2.21. The van der Waals surface area contributed by atoms with E-state index in [0.29, 0.717) is 30.2 Å². The predicted octanol–water partition coefficient (Wildman–Crippen LogP) is 1.14. The first-order valence-electron chi connectivity index (χ1n) is 8.32. The smallest absolute Gasteiger partial charge is 0.224 e. The van der Waals surface area contributed by atoms with Gasteiger partial charge in [-0.1, -0.05) is 6.92 Å². The molecule has 2 unspecified atom stereocenters. The summed E-state index contributed by atoms with van der Waals surface area (Å²) in [7, 11) is 0. The average Bonchev–Trinajstić information content (AvgIpc) is 2.48. The molecule has 0 spiro atoms. The number of rotatable bonds is 4. The number of carbonyl (C=O) groups is 2. The minimum Gasteiger partial charge on any atom is -0.356 e. The normalized spacial score (nSPS) is 27.4. The van der Waals surface area contributed by atoms with Gasteiger partial charge in [-0.15, -0.1) is 0 Å². The standard InChI is InChI=1S/C16H29N3O2/c1-12-4-3-7-17-15(12)10-16(21)19-8-5-14(6-9-19)11-18-13(2)20/h12,14-15,17H,3-11H2,1-2H3,(H,18,20). The molecule has 2 fully saturated rings. The van der Waals surface area contributed by atoms with E-state index in [9.17, 15) is 9.59 Å². The van der Waals surface area contributed by atoms with Crippen LogP contribution in [0.3, 0.4) is 0 Å². The van der Waals surface area contributed by atoms with Crippen LogP contribution in [-0.4, -0.2) is 48.9 Å². The molecule has 2 saturated heterocycles. The van der Waals surface area contributed by atoms with E-state index in [0.717, 1.165) is 39.0 Å². The molecule has 0 aliphatic carbocycles. The fraction of sp³-hybridized carbons (Fsp3) is 0.875. The van der Waals surface area contributed by atoms with Crippen LogP contribution in [-0.2, 0) is 9.59 Å². The summed E-state index contributed by atoms with van der Waals surface area (Å²) in [6.45, 7) is 7.26. The van der Waals surface area contributed by atoms with Crippen LogP contribution in [0.1, 0.15) is 46.0 Å². The van der Waals surface area contributed by atoms with E-state index in [1.165, 1.54) is 12.8 Å². The van der Waals surface area contributed by atoms with E-state index >= 15 is 0 Å². The van der Waals surface area contributed by atoms with Gasteiger partial charge in [-0.25, -0.2) is 0 Å². The van der Waals surface area contributed by atoms with Crippen LogP contribution in [0, 0.1) is 11.8 Å². The largest absolute Gasteiger partial charge is 0.356 e. The molecule has 5 heteroatoms. The van der Waals surface area contributed by atoms with Gasteiger partial charge in [0.1, 0.15) is 0 Å². The van der Waals surface area contributed by atoms with Crippen molar-refractivity contribution in [3.05, 3.63) is 0 Å². The van der Waals surface area contributed by atoms with Gasteiger partial charge < -0.3 is 15.5 Å². The third-order valence-electron chi connectivity index (χ3n) is 4.93. The molecular formula is C16H29N3O2. The van der Waals surface area contributed by atoms with Gasteiger partial charge >= 0.3 is 0 Å². The van der Waals surface area contributed by atoms with Crippen molar-refractivity contribution in [3.63, 3.8) is 0 Å². The zero-order valence-electron chi connectivity index (χ0n) is 13.4. The van der Waals surface area contributed by atoms with Gasteiger partial charge in [0, 0.05) is 39.0 Å². The zero-order chi connectivity index (χ0) is 15.2. The lowest BCUT2D eigenvalue weighted by atomic mass is 9.89. The van der Waals surface area contributed by atoms with Crippen LogP contribution in [0.15, 0.2) is 0 Å². The summed E-state index contributed by atoms with van der Waals surface area (Å²) in [5, 5.41) is 6.36. The molecule has 2 aliphatic heterocycles. The van der Waals surface area contributed by atoms with Gasteiger partial charge in [0.15, 0.2) is 0 Å². The second kappa shape index (κ2) is 7.78. The quantitative estimate of drug-likeness (QED) is 0.817. The zero-order valence-corrected chi connectivity index (χ0v) is 13.4. The van der Waals surface area contributed by atoms with Crippen LogP contribution >= 0.6 is 0 Å². The monoisotopic (exact) mass is 295 g/mol. The van der Waals surface area contributed by atoms with Gasteiger partial charge in [-0.2, -0.15) is 0 Å². The molecule has 5 nitrogen and oxygen atoms in total. The molecular weight excluding hydrogens is 266 g/mol. The van der Waals surface area contributed by atoms with E-state index in [-0.39, 0.29) is 5.91 Å². The molecule has 0 aromatic carbocycles. The molecule has 2 heterocycles. The summed E-state index contributed by atoms with van der Waals surface area (Å²) in [6, 6.07) is 0.350. The van der Waals surface area contributed by atoms with Crippen LogP contribution in [0.2, 0.25) is 0 Å². The number of amides is 2. The van der Waals surface area contributed by atoms with Gasteiger partial charge in [0.2, 0.25) is 11.8 Å². The molecule has 0 aromatic heterocycles. The molecule has 2 atom stereocenters. The summed E-state index contributed by atoms with van der Waals surface area (Å²) in [5.41, 5.74) is 0. The summed E-state index contributed by atoms with van der Waals surface area (Å²) in [4.78, 5) is 25.3. The van der Waals surface area contributed by atoms with Crippen molar-refractivity contribution in [2.45, 2.75) is 52.0 Å². The Morgan fingerprint density at radius 2 is 1.95 bits per heavy atom. The van der Waals surface area contributed by atoms with Crippen molar-refractivity contribution in [2.75, 3.05) is 26.2 Å². The van der Waals surface area contributed by atoms with Crippen LogP contribution in [0.25, 0.3) is 0 Å². The van der Waals surface area contributed by atoms with Crippen molar-refractivity contribution >= 4 is 11.8 Å². The highest BCUT2D eigenvalue weighted by Gasteiger charge is 2.28. The number of piperidine rings is 2. The highest BCUT2D eigenvalue weighted by atomic mass is 16.2. The fourth-order valence-corrected chi connectivity index (χ4v) is 3.38. The summed E-state index contributed by atoms with van der Waals surface area (Å²) in [6.07, 6.45) is 5.08. The Hall–Kier alpha value is -1.10.